The Morgan fingerprint density at radius 1 is 1.21 bits per heavy atom. The number of benzene rings is 2. The summed E-state index contributed by atoms with van der Waals surface area (Å²) in [7, 11) is 0. The zero-order chi connectivity index (χ0) is 14.0. The lowest BCUT2D eigenvalue weighted by Gasteiger charge is -2.09. The van der Waals surface area contributed by atoms with Crippen LogP contribution in [0.5, 0.6) is 0 Å². The van der Waals surface area contributed by atoms with Gasteiger partial charge in [0, 0.05) is 16.3 Å². The third kappa shape index (κ3) is 2.93. The normalized spacial score (nSPS) is 10.3. The van der Waals surface area contributed by atoms with E-state index in [1.165, 1.54) is 6.07 Å². The van der Waals surface area contributed by atoms with Crippen LogP contribution >= 0.6 is 11.6 Å². The van der Waals surface area contributed by atoms with E-state index in [2.05, 4.69) is 5.32 Å². The molecule has 1 N–H and O–H groups in total. The number of carbonyl (C=O) groups is 1. The average Bonchev–Trinajstić information content (AvgIpc) is 2.37. The van der Waals surface area contributed by atoms with Gasteiger partial charge in [0.05, 0.1) is 0 Å². The van der Waals surface area contributed by atoms with E-state index in [0.29, 0.717) is 27.4 Å². The molecule has 2 rings (SSSR count). The van der Waals surface area contributed by atoms with Gasteiger partial charge in [0.1, 0.15) is 5.82 Å². The first kappa shape index (κ1) is 13.6. The topological polar surface area (TPSA) is 29.1 Å². The molecule has 2 nitrogen and oxygen atoms in total. The molecule has 0 heterocycles. The molecule has 0 aliphatic carbocycles. The third-order valence-electron chi connectivity index (χ3n) is 2.94. The Labute approximate surface area is 116 Å². The number of nitrogens with one attached hydrogen (secondary N) is 1. The maximum atomic E-state index is 13.4. The van der Waals surface area contributed by atoms with Gasteiger partial charge in [-0.3, -0.25) is 4.79 Å². The molecule has 0 aromatic heterocycles. The molecule has 2 aromatic carbocycles. The standard InChI is InChI=1S/C15H13ClFNO/c1-9-6-7-11(8-14(9)17)18-15(19)12-4-3-5-13(16)10(12)2/h3-8H,1-2H3,(H,18,19). The van der Waals surface area contributed by atoms with Crippen molar-refractivity contribution in [2.45, 2.75) is 13.8 Å². The number of hydrogen-bond acceptors (Lipinski definition) is 1. The van der Waals surface area contributed by atoms with E-state index in [4.69, 9.17) is 11.6 Å². The number of anilines is 1. The number of rotatable bonds is 2. The van der Waals surface area contributed by atoms with E-state index in [-0.39, 0.29) is 11.7 Å². The van der Waals surface area contributed by atoms with Crippen LogP contribution in [0.15, 0.2) is 36.4 Å². The largest absolute Gasteiger partial charge is 0.322 e. The first-order chi connectivity index (χ1) is 8.99. The maximum Gasteiger partial charge on any atom is 0.255 e. The minimum Gasteiger partial charge on any atom is -0.322 e. The second-order valence-electron chi connectivity index (χ2n) is 4.33. The number of hydrogen-bond donors (Lipinski definition) is 1. The molecule has 1 amide bonds. The van der Waals surface area contributed by atoms with Gasteiger partial charge in [0.25, 0.3) is 5.91 Å². The van der Waals surface area contributed by atoms with Crippen LogP contribution in [-0.4, -0.2) is 5.91 Å². The van der Waals surface area contributed by atoms with Crippen LogP contribution in [0.1, 0.15) is 21.5 Å². The molecule has 0 aliphatic heterocycles. The number of halogens is 2. The van der Waals surface area contributed by atoms with Gasteiger partial charge in [0.2, 0.25) is 0 Å². The van der Waals surface area contributed by atoms with Crippen LogP contribution < -0.4 is 5.32 Å². The van der Waals surface area contributed by atoms with Crippen LogP contribution in [-0.2, 0) is 0 Å². The number of amides is 1. The molecule has 0 bridgehead atoms. The molecule has 2 aromatic rings. The van der Waals surface area contributed by atoms with Gasteiger partial charge in [-0.05, 0) is 49.2 Å². The Balaban J connectivity index is 2.26. The van der Waals surface area contributed by atoms with Gasteiger partial charge in [-0.2, -0.15) is 0 Å². The van der Waals surface area contributed by atoms with E-state index >= 15 is 0 Å². The molecule has 0 unspecified atom stereocenters. The lowest BCUT2D eigenvalue weighted by molar-refractivity contribution is 0.102. The summed E-state index contributed by atoms with van der Waals surface area (Å²) in [4.78, 5) is 12.1. The van der Waals surface area contributed by atoms with Crippen molar-refractivity contribution in [1.29, 1.82) is 0 Å². The van der Waals surface area contributed by atoms with Crippen molar-refractivity contribution >= 4 is 23.2 Å². The smallest absolute Gasteiger partial charge is 0.255 e. The Kier molecular flexibility index (Phi) is 3.86. The van der Waals surface area contributed by atoms with Gasteiger partial charge < -0.3 is 5.32 Å². The van der Waals surface area contributed by atoms with Crippen molar-refractivity contribution in [1.82, 2.24) is 0 Å². The highest BCUT2D eigenvalue weighted by molar-refractivity contribution is 6.32. The summed E-state index contributed by atoms with van der Waals surface area (Å²) in [5.74, 6) is -0.649. The molecular formula is C15H13ClFNO. The second kappa shape index (κ2) is 5.41. The Morgan fingerprint density at radius 2 is 1.95 bits per heavy atom. The minimum atomic E-state index is -0.347. The summed E-state index contributed by atoms with van der Waals surface area (Å²) >= 11 is 5.97. The summed E-state index contributed by atoms with van der Waals surface area (Å²) in [5.41, 5.74) is 2.15. The van der Waals surface area contributed by atoms with Gasteiger partial charge >= 0.3 is 0 Å². The van der Waals surface area contributed by atoms with Crippen LogP contribution in [0.2, 0.25) is 5.02 Å². The lowest BCUT2D eigenvalue weighted by atomic mass is 10.1. The van der Waals surface area contributed by atoms with Crippen molar-refractivity contribution in [3.05, 3.63) is 63.9 Å². The average molecular weight is 278 g/mol. The minimum absolute atomic E-state index is 0.303. The van der Waals surface area contributed by atoms with E-state index in [9.17, 15) is 9.18 Å². The predicted molar refractivity (Wildman–Crippen MR) is 75.3 cm³/mol. The molecule has 0 saturated carbocycles. The predicted octanol–water partition coefficient (Wildman–Crippen LogP) is 4.35. The monoisotopic (exact) mass is 277 g/mol. The Hall–Kier alpha value is -1.87. The molecule has 0 fully saturated rings. The molecule has 4 heteroatoms. The molecule has 0 saturated heterocycles. The summed E-state index contributed by atoms with van der Waals surface area (Å²) in [5, 5.41) is 3.19. The van der Waals surface area contributed by atoms with Crippen LogP contribution in [0, 0.1) is 19.7 Å². The Bertz CT molecular complexity index is 640. The summed E-state index contributed by atoms with van der Waals surface area (Å²) < 4.78 is 13.4. The lowest BCUT2D eigenvalue weighted by Crippen LogP contribution is -2.13. The highest BCUT2D eigenvalue weighted by Gasteiger charge is 2.11. The Morgan fingerprint density at radius 3 is 2.63 bits per heavy atom. The highest BCUT2D eigenvalue weighted by Crippen LogP contribution is 2.20. The summed E-state index contributed by atoms with van der Waals surface area (Å²) in [6.45, 7) is 3.44. The van der Waals surface area contributed by atoms with E-state index < -0.39 is 0 Å². The van der Waals surface area contributed by atoms with Gasteiger partial charge in [-0.15, -0.1) is 0 Å². The van der Waals surface area contributed by atoms with Crippen molar-refractivity contribution in [2.75, 3.05) is 5.32 Å². The van der Waals surface area contributed by atoms with Gasteiger partial charge in [-0.25, -0.2) is 4.39 Å². The second-order valence-corrected chi connectivity index (χ2v) is 4.74. The van der Waals surface area contributed by atoms with Crippen molar-refractivity contribution in [3.8, 4) is 0 Å². The first-order valence-corrected chi connectivity index (χ1v) is 6.19. The van der Waals surface area contributed by atoms with Gasteiger partial charge in [0.15, 0.2) is 0 Å². The quantitative estimate of drug-likeness (QED) is 0.869. The molecule has 0 atom stereocenters. The van der Waals surface area contributed by atoms with Gasteiger partial charge in [-0.1, -0.05) is 23.7 Å². The number of aryl methyl sites for hydroxylation is 1. The van der Waals surface area contributed by atoms with E-state index in [1.807, 2.05) is 0 Å². The molecule has 0 radical (unpaired) electrons. The van der Waals surface area contributed by atoms with E-state index in [0.717, 1.165) is 0 Å². The fourth-order valence-electron chi connectivity index (χ4n) is 1.72. The molecule has 0 aliphatic rings. The van der Waals surface area contributed by atoms with Crippen molar-refractivity contribution in [2.24, 2.45) is 0 Å². The fraction of sp³-hybridized carbons (Fsp3) is 0.133. The zero-order valence-corrected chi connectivity index (χ0v) is 11.4. The molecule has 19 heavy (non-hydrogen) atoms. The van der Waals surface area contributed by atoms with E-state index in [1.54, 1.807) is 44.2 Å². The molecule has 98 valence electrons. The maximum absolute atomic E-state index is 13.4. The zero-order valence-electron chi connectivity index (χ0n) is 10.6. The fourth-order valence-corrected chi connectivity index (χ4v) is 1.90. The summed E-state index contributed by atoms with van der Waals surface area (Å²) in [6.07, 6.45) is 0. The molecule has 0 spiro atoms. The highest BCUT2D eigenvalue weighted by atomic mass is 35.5. The van der Waals surface area contributed by atoms with Crippen LogP contribution in [0.25, 0.3) is 0 Å². The van der Waals surface area contributed by atoms with Crippen LogP contribution in [0.3, 0.4) is 0 Å². The van der Waals surface area contributed by atoms with Crippen molar-refractivity contribution in [3.63, 3.8) is 0 Å². The summed E-state index contributed by atoms with van der Waals surface area (Å²) in [6, 6.07) is 9.69. The third-order valence-corrected chi connectivity index (χ3v) is 3.35. The van der Waals surface area contributed by atoms with Crippen molar-refractivity contribution < 1.29 is 9.18 Å². The molecular weight excluding hydrogens is 265 g/mol. The first-order valence-electron chi connectivity index (χ1n) is 5.81. The number of carbonyl (C=O) groups excluding carboxylic acids is 1. The van der Waals surface area contributed by atoms with Crippen LogP contribution in [0.4, 0.5) is 10.1 Å². The SMILES string of the molecule is Cc1ccc(NC(=O)c2cccc(Cl)c2C)cc1F.